The smallest absolute Gasteiger partial charge is 0.243 e. The second-order valence-electron chi connectivity index (χ2n) is 7.92. The van der Waals surface area contributed by atoms with Crippen LogP contribution in [0.1, 0.15) is 23.4 Å². The molecule has 1 aromatic heterocycles. The van der Waals surface area contributed by atoms with Gasteiger partial charge in [0.15, 0.2) is 0 Å². The molecule has 174 valence electrons. The normalized spacial score (nSPS) is 14.8. The van der Waals surface area contributed by atoms with E-state index >= 15 is 0 Å². The molecule has 1 N–H and O–H groups in total. The summed E-state index contributed by atoms with van der Waals surface area (Å²) < 4.78 is 37.4. The molecule has 1 fully saturated rings. The van der Waals surface area contributed by atoms with Gasteiger partial charge in [-0.25, -0.2) is 8.42 Å². The number of carbonyl (C=O) groups is 1. The van der Waals surface area contributed by atoms with Crippen LogP contribution in [-0.4, -0.2) is 55.1 Å². The van der Waals surface area contributed by atoms with Gasteiger partial charge in [-0.05, 0) is 49.7 Å². The van der Waals surface area contributed by atoms with E-state index in [0.29, 0.717) is 50.0 Å². The van der Waals surface area contributed by atoms with E-state index < -0.39 is 10.0 Å². The molecule has 0 saturated carbocycles. The van der Waals surface area contributed by atoms with Crippen LogP contribution in [0, 0.1) is 13.8 Å². The first-order valence-electron chi connectivity index (χ1n) is 10.7. The van der Waals surface area contributed by atoms with Crippen molar-refractivity contribution in [2.24, 2.45) is 0 Å². The highest BCUT2D eigenvalue weighted by Gasteiger charge is 2.26. The number of morpholine rings is 1. The molecule has 0 bridgehead atoms. The first-order chi connectivity index (χ1) is 15.8. The molecule has 33 heavy (non-hydrogen) atoms. The lowest BCUT2D eigenvalue weighted by atomic mass is 10.1. The maximum atomic E-state index is 12.7. The summed E-state index contributed by atoms with van der Waals surface area (Å²) in [4.78, 5) is 16.8. The Bertz CT molecular complexity index is 1230. The Morgan fingerprint density at radius 3 is 2.52 bits per heavy atom. The van der Waals surface area contributed by atoms with E-state index in [0.717, 1.165) is 16.8 Å². The molecule has 3 aromatic rings. The van der Waals surface area contributed by atoms with Gasteiger partial charge in [0.25, 0.3) is 0 Å². The van der Waals surface area contributed by atoms with Crippen molar-refractivity contribution in [1.82, 2.24) is 14.4 Å². The van der Waals surface area contributed by atoms with Gasteiger partial charge in [-0.15, -0.1) is 0 Å². The Morgan fingerprint density at radius 1 is 1.09 bits per heavy atom. The lowest BCUT2D eigenvalue weighted by molar-refractivity contribution is -0.116. The van der Waals surface area contributed by atoms with Crippen LogP contribution in [0.3, 0.4) is 0 Å². The van der Waals surface area contributed by atoms with Crippen molar-refractivity contribution in [2.75, 3.05) is 31.6 Å². The number of benzene rings is 2. The minimum Gasteiger partial charge on any atom is -0.379 e. The van der Waals surface area contributed by atoms with Crippen LogP contribution in [0.5, 0.6) is 0 Å². The highest BCUT2D eigenvalue weighted by atomic mass is 32.2. The van der Waals surface area contributed by atoms with E-state index in [1.807, 2.05) is 32.0 Å². The fraction of sp³-hybridized carbons (Fsp3) is 0.348. The minimum atomic E-state index is -3.56. The number of carbonyl (C=O) groups excluding carboxylic acids is 1. The first kappa shape index (κ1) is 23.1. The number of aromatic nitrogens is 2. The number of aryl methyl sites for hydroxylation is 3. The van der Waals surface area contributed by atoms with E-state index in [4.69, 9.17) is 9.26 Å². The predicted octanol–water partition coefficient (Wildman–Crippen LogP) is 2.95. The van der Waals surface area contributed by atoms with Gasteiger partial charge in [-0.2, -0.15) is 9.29 Å². The Balaban J connectivity index is 1.36. The number of hydrogen-bond donors (Lipinski definition) is 1. The van der Waals surface area contributed by atoms with Crippen molar-refractivity contribution in [2.45, 2.75) is 31.6 Å². The van der Waals surface area contributed by atoms with E-state index in [2.05, 4.69) is 15.5 Å². The summed E-state index contributed by atoms with van der Waals surface area (Å²) >= 11 is 0. The van der Waals surface area contributed by atoms with Gasteiger partial charge in [0.1, 0.15) is 0 Å². The molecule has 10 heteroatoms. The lowest BCUT2D eigenvalue weighted by Gasteiger charge is -2.26. The zero-order valence-corrected chi connectivity index (χ0v) is 19.4. The summed E-state index contributed by atoms with van der Waals surface area (Å²) in [7, 11) is -3.56. The van der Waals surface area contributed by atoms with Crippen molar-refractivity contribution >= 4 is 21.6 Å². The Kier molecular flexibility index (Phi) is 6.87. The second kappa shape index (κ2) is 9.82. The highest BCUT2D eigenvalue weighted by Crippen LogP contribution is 2.22. The van der Waals surface area contributed by atoms with Crippen molar-refractivity contribution in [3.05, 3.63) is 59.5 Å². The molecule has 1 aliphatic heterocycles. The summed E-state index contributed by atoms with van der Waals surface area (Å²) in [6.07, 6.45) is 0.499. The Labute approximate surface area is 192 Å². The number of rotatable bonds is 7. The van der Waals surface area contributed by atoms with E-state index in [9.17, 15) is 13.2 Å². The van der Waals surface area contributed by atoms with Gasteiger partial charge >= 0.3 is 0 Å². The van der Waals surface area contributed by atoms with Gasteiger partial charge < -0.3 is 14.6 Å². The van der Waals surface area contributed by atoms with Crippen LogP contribution in [0.4, 0.5) is 5.69 Å². The molecular formula is C23H26N4O5S. The molecule has 0 radical (unpaired) electrons. The number of anilines is 1. The maximum absolute atomic E-state index is 12.7. The standard InChI is InChI=1S/C23H26N4O5S/c1-16-3-8-20(17(2)15-16)24-21(28)9-10-22-25-23(26-32-22)18-4-6-19(7-5-18)33(29,30)27-11-13-31-14-12-27/h3-8,15H,9-14H2,1-2H3,(H,24,28). The summed E-state index contributed by atoms with van der Waals surface area (Å²) in [5, 5.41) is 6.86. The van der Waals surface area contributed by atoms with Crippen LogP contribution >= 0.6 is 0 Å². The third-order valence-corrected chi connectivity index (χ3v) is 7.32. The lowest BCUT2D eigenvalue weighted by Crippen LogP contribution is -2.40. The Hall–Kier alpha value is -3.08. The molecule has 0 aliphatic carbocycles. The molecule has 2 aromatic carbocycles. The van der Waals surface area contributed by atoms with Crippen LogP contribution in [-0.2, 0) is 26.0 Å². The second-order valence-corrected chi connectivity index (χ2v) is 9.86. The van der Waals surface area contributed by atoms with Gasteiger partial charge in [-0.1, -0.05) is 22.9 Å². The zero-order chi connectivity index (χ0) is 23.4. The summed E-state index contributed by atoms with van der Waals surface area (Å²) in [5.41, 5.74) is 3.55. The van der Waals surface area contributed by atoms with Crippen LogP contribution in [0.25, 0.3) is 11.4 Å². The first-order valence-corrected chi connectivity index (χ1v) is 12.1. The molecular weight excluding hydrogens is 444 g/mol. The third kappa shape index (κ3) is 5.47. The van der Waals surface area contributed by atoms with E-state index in [1.54, 1.807) is 12.1 Å². The van der Waals surface area contributed by atoms with Crippen molar-refractivity contribution in [3.63, 3.8) is 0 Å². The number of hydrogen-bond acceptors (Lipinski definition) is 7. The monoisotopic (exact) mass is 470 g/mol. The van der Waals surface area contributed by atoms with Crippen LogP contribution in [0.2, 0.25) is 0 Å². The molecule has 9 nitrogen and oxygen atoms in total. The average Bonchev–Trinajstić information content (AvgIpc) is 3.29. The molecule has 1 aliphatic rings. The number of ether oxygens (including phenoxy) is 1. The summed E-state index contributed by atoms with van der Waals surface area (Å²) in [6.45, 7) is 5.43. The van der Waals surface area contributed by atoms with E-state index in [1.165, 1.54) is 16.4 Å². The number of sulfonamides is 1. The topological polar surface area (TPSA) is 115 Å². The number of amides is 1. The van der Waals surface area contributed by atoms with Crippen LogP contribution in [0.15, 0.2) is 51.9 Å². The van der Waals surface area contributed by atoms with E-state index in [-0.39, 0.29) is 17.2 Å². The molecule has 1 amide bonds. The highest BCUT2D eigenvalue weighted by molar-refractivity contribution is 7.89. The van der Waals surface area contributed by atoms with Gasteiger partial charge in [0.2, 0.25) is 27.6 Å². The summed E-state index contributed by atoms with van der Waals surface area (Å²) in [6, 6.07) is 12.2. The van der Waals surface area contributed by atoms with Gasteiger partial charge in [-0.3, -0.25) is 4.79 Å². The minimum absolute atomic E-state index is 0.139. The zero-order valence-electron chi connectivity index (χ0n) is 18.6. The molecule has 4 rings (SSSR count). The molecule has 1 saturated heterocycles. The van der Waals surface area contributed by atoms with Crippen molar-refractivity contribution < 1.29 is 22.5 Å². The van der Waals surface area contributed by atoms with Crippen LogP contribution < -0.4 is 5.32 Å². The molecule has 0 unspecified atom stereocenters. The Morgan fingerprint density at radius 2 is 1.82 bits per heavy atom. The third-order valence-electron chi connectivity index (χ3n) is 5.41. The number of nitrogens with zero attached hydrogens (tertiary/aromatic N) is 3. The SMILES string of the molecule is Cc1ccc(NC(=O)CCc2nc(-c3ccc(S(=O)(=O)N4CCOCC4)cc3)no2)c(C)c1. The molecule has 0 spiro atoms. The average molecular weight is 471 g/mol. The van der Waals surface area contributed by atoms with Crippen molar-refractivity contribution in [3.8, 4) is 11.4 Å². The molecule has 2 heterocycles. The van der Waals surface area contributed by atoms with Gasteiger partial charge in [0, 0.05) is 37.2 Å². The van der Waals surface area contributed by atoms with Gasteiger partial charge in [0.05, 0.1) is 18.1 Å². The quantitative estimate of drug-likeness (QED) is 0.565. The summed E-state index contributed by atoms with van der Waals surface area (Å²) in [5.74, 6) is 0.542. The largest absolute Gasteiger partial charge is 0.379 e. The maximum Gasteiger partial charge on any atom is 0.243 e. The van der Waals surface area contributed by atoms with Crippen molar-refractivity contribution in [1.29, 1.82) is 0 Å². The fourth-order valence-electron chi connectivity index (χ4n) is 3.57. The fourth-order valence-corrected chi connectivity index (χ4v) is 4.98. The predicted molar refractivity (Wildman–Crippen MR) is 122 cm³/mol. The number of nitrogens with one attached hydrogen (secondary N) is 1. The molecule has 0 atom stereocenters.